The summed E-state index contributed by atoms with van der Waals surface area (Å²) in [6, 6.07) is 8.04. The molecule has 6 nitrogen and oxygen atoms in total. The van der Waals surface area contributed by atoms with E-state index in [4.69, 9.17) is 14.6 Å². The number of benzene rings is 1. The summed E-state index contributed by atoms with van der Waals surface area (Å²) in [6.07, 6.45) is 2.20. The lowest BCUT2D eigenvalue weighted by molar-refractivity contribution is -0.140. The molecule has 0 unspecified atom stereocenters. The average Bonchev–Trinajstić information content (AvgIpc) is 3.15. The van der Waals surface area contributed by atoms with E-state index in [1.807, 2.05) is 12.1 Å². The van der Waals surface area contributed by atoms with Gasteiger partial charge in [-0.25, -0.2) is 0 Å². The van der Waals surface area contributed by atoms with Crippen LogP contribution in [0.1, 0.15) is 40.8 Å². The molecule has 3 heterocycles. The van der Waals surface area contributed by atoms with Crippen LogP contribution in [-0.4, -0.2) is 48.7 Å². The molecule has 0 bridgehead atoms. The van der Waals surface area contributed by atoms with Crippen LogP contribution in [0.25, 0.3) is 5.57 Å². The molecule has 2 aliphatic rings. The predicted octanol–water partition coefficient (Wildman–Crippen LogP) is 3.73. The third-order valence-corrected chi connectivity index (χ3v) is 6.68. The highest BCUT2D eigenvalue weighted by molar-refractivity contribution is 7.11. The van der Waals surface area contributed by atoms with Crippen LogP contribution in [0.4, 0.5) is 0 Å². The number of fused-ring (bicyclic) bond motifs is 2. The number of likely N-dealkylation sites (tertiary alicyclic amines) is 1. The highest BCUT2D eigenvalue weighted by Gasteiger charge is 2.26. The summed E-state index contributed by atoms with van der Waals surface area (Å²) in [5, 5.41) is 11.0. The number of carboxylic acid groups (broad SMARTS) is 1. The van der Waals surface area contributed by atoms with Gasteiger partial charge in [0.2, 0.25) is 0 Å². The Morgan fingerprint density at radius 1 is 1.23 bits per heavy atom. The predicted molar refractivity (Wildman–Crippen MR) is 115 cm³/mol. The summed E-state index contributed by atoms with van der Waals surface area (Å²) in [7, 11) is 1.40. The number of ether oxygens (including phenoxy) is 2. The molecule has 1 fully saturated rings. The number of piperidine rings is 1. The van der Waals surface area contributed by atoms with Gasteiger partial charge in [-0.1, -0.05) is 11.6 Å². The number of carbonyl (C=O) groups excluding carboxylic acids is 1. The summed E-state index contributed by atoms with van der Waals surface area (Å²) in [5.74, 6) is -0.180. The Labute approximate surface area is 179 Å². The number of aliphatic carboxylic acids is 1. The van der Waals surface area contributed by atoms with E-state index >= 15 is 0 Å². The zero-order valence-corrected chi connectivity index (χ0v) is 17.8. The molecule has 0 saturated carbocycles. The second kappa shape index (κ2) is 9.02. The Hall–Kier alpha value is -2.64. The molecule has 0 aliphatic carbocycles. The maximum absolute atomic E-state index is 11.8. The molecule has 4 rings (SSSR count). The van der Waals surface area contributed by atoms with Crippen molar-refractivity contribution in [2.45, 2.75) is 32.3 Å². The minimum atomic E-state index is -0.754. The van der Waals surface area contributed by atoms with Gasteiger partial charge in [0.25, 0.3) is 0 Å². The van der Waals surface area contributed by atoms with E-state index in [-0.39, 0.29) is 18.8 Å². The molecule has 2 aliphatic heterocycles. The van der Waals surface area contributed by atoms with Gasteiger partial charge in [-0.2, -0.15) is 0 Å². The lowest BCUT2D eigenvalue weighted by Crippen LogP contribution is -2.32. The average molecular weight is 428 g/mol. The maximum Gasteiger partial charge on any atom is 0.309 e. The zero-order chi connectivity index (χ0) is 21.1. The van der Waals surface area contributed by atoms with Crippen LogP contribution >= 0.6 is 11.3 Å². The van der Waals surface area contributed by atoms with E-state index in [0.29, 0.717) is 13.2 Å². The first kappa shape index (κ1) is 20.6. The van der Waals surface area contributed by atoms with E-state index in [1.165, 1.54) is 28.7 Å². The fraction of sp³-hybridized carbons (Fsp3) is 0.391. The standard InChI is InChI=1S/C23H25NO5S/c1-28-21(27)13-15-2-3-19-18(12-15)22(23-17(14-29-19)7-11-30-23)16-4-8-24(9-5-16)10-6-20(25)26/h2-3,7,11-12H,4-6,8-10,13-14H2,1H3,(H,25,26). The fourth-order valence-corrected chi connectivity index (χ4v) is 5.11. The second-order valence-electron chi connectivity index (χ2n) is 7.61. The quantitative estimate of drug-likeness (QED) is 0.733. The number of carboxylic acids is 1. The second-order valence-corrected chi connectivity index (χ2v) is 8.53. The van der Waals surface area contributed by atoms with E-state index in [2.05, 4.69) is 22.4 Å². The maximum atomic E-state index is 11.8. The van der Waals surface area contributed by atoms with Crippen molar-refractivity contribution in [2.24, 2.45) is 0 Å². The van der Waals surface area contributed by atoms with E-state index in [9.17, 15) is 9.59 Å². The molecule has 0 atom stereocenters. The Kier molecular flexibility index (Phi) is 6.20. The molecule has 158 valence electrons. The first-order valence-electron chi connectivity index (χ1n) is 10.1. The van der Waals surface area contributed by atoms with Gasteiger partial charge < -0.3 is 19.5 Å². The van der Waals surface area contributed by atoms with Crippen LogP contribution in [0.3, 0.4) is 0 Å². The Morgan fingerprint density at radius 3 is 2.77 bits per heavy atom. The lowest BCUT2D eigenvalue weighted by Gasteiger charge is -2.29. The normalized spacial score (nSPS) is 16.3. The first-order valence-corrected chi connectivity index (χ1v) is 11.0. The molecule has 1 aromatic carbocycles. The van der Waals surface area contributed by atoms with Crippen molar-refractivity contribution in [2.75, 3.05) is 26.7 Å². The molecule has 1 aromatic heterocycles. The summed E-state index contributed by atoms with van der Waals surface area (Å²) in [4.78, 5) is 26.1. The van der Waals surface area contributed by atoms with Crippen molar-refractivity contribution >= 4 is 28.8 Å². The van der Waals surface area contributed by atoms with Gasteiger partial charge in [0.1, 0.15) is 12.4 Å². The summed E-state index contributed by atoms with van der Waals surface area (Å²) in [5.41, 5.74) is 5.71. The monoisotopic (exact) mass is 427 g/mol. The van der Waals surface area contributed by atoms with Gasteiger partial charge in [-0.05, 0) is 42.0 Å². The van der Waals surface area contributed by atoms with Crippen molar-refractivity contribution in [3.8, 4) is 5.75 Å². The number of methoxy groups -OCH3 is 1. The van der Waals surface area contributed by atoms with Crippen LogP contribution in [-0.2, 0) is 27.4 Å². The molecule has 0 radical (unpaired) electrons. The SMILES string of the molecule is COC(=O)Cc1ccc2c(c1)C(=C1CCN(CCC(=O)O)CC1)c1sccc1CO2. The van der Waals surface area contributed by atoms with Gasteiger partial charge in [-0.3, -0.25) is 9.59 Å². The molecule has 2 aromatic rings. The number of hydrogen-bond acceptors (Lipinski definition) is 6. The number of hydrogen-bond donors (Lipinski definition) is 1. The van der Waals surface area contributed by atoms with Crippen LogP contribution in [0.2, 0.25) is 0 Å². The number of nitrogens with zero attached hydrogens (tertiary/aromatic N) is 1. The smallest absolute Gasteiger partial charge is 0.309 e. The molecular formula is C23H25NO5S. The lowest BCUT2D eigenvalue weighted by atomic mass is 9.89. The Balaban J connectivity index is 1.69. The summed E-state index contributed by atoms with van der Waals surface area (Å²) >= 11 is 1.72. The van der Waals surface area contributed by atoms with Crippen LogP contribution in [0.15, 0.2) is 35.2 Å². The third-order valence-electron chi connectivity index (χ3n) is 5.70. The van der Waals surface area contributed by atoms with Crippen molar-refractivity contribution in [3.05, 3.63) is 56.8 Å². The van der Waals surface area contributed by atoms with Gasteiger partial charge >= 0.3 is 11.9 Å². The largest absolute Gasteiger partial charge is 0.488 e. The molecule has 30 heavy (non-hydrogen) atoms. The Morgan fingerprint density at radius 2 is 2.03 bits per heavy atom. The fourth-order valence-electron chi connectivity index (χ4n) is 4.10. The van der Waals surface area contributed by atoms with E-state index in [0.717, 1.165) is 42.8 Å². The Bertz CT molecular complexity index is 983. The molecular weight excluding hydrogens is 402 g/mol. The summed E-state index contributed by atoms with van der Waals surface area (Å²) in [6.45, 7) is 2.82. The van der Waals surface area contributed by atoms with Crippen molar-refractivity contribution < 1.29 is 24.2 Å². The van der Waals surface area contributed by atoms with Crippen LogP contribution in [0, 0.1) is 0 Å². The number of rotatable bonds is 5. The zero-order valence-electron chi connectivity index (χ0n) is 17.0. The molecule has 1 N–H and O–H groups in total. The molecule has 7 heteroatoms. The van der Waals surface area contributed by atoms with Crippen LogP contribution < -0.4 is 4.74 Å². The summed E-state index contributed by atoms with van der Waals surface area (Å²) < 4.78 is 10.9. The van der Waals surface area contributed by atoms with E-state index < -0.39 is 5.97 Å². The van der Waals surface area contributed by atoms with Crippen molar-refractivity contribution in [1.82, 2.24) is 4.90 Å². The highest BCUT2D eigenvalue weighted by Crippen LogP contribution is 2.43. The van der Waals surface area contributed by atoms with Gasteiger partial charge in [0, 0.05) is 41.2 Å². The minimum absolute atomic E-state index is 0.175. The molecule has 0 amide bonds. The van der Waals surface area contributed by atoms with Gasteiger partial charge in [0.05, 0.1) is 20.0 Å². The van der Waals surface area contributed by atoms with Crippen molar-refractivity contribution in [3.63, 3.8) is 0 Å². The van der Waals surface area contributed by atoms with Gasteiger partial charge in [0.15, 0.2) is 0 Å². The molecule has 0 spiro atoms. The highest BCUT2D eigenvalue weighted by atomic mass is 32.1. The first-order chi connectivity index (χ1) is 14.5. The number of esters is 1. The van der Waals surface area contributed by atoms with Crippen LogP contribution in [0.5, 0.6) is 5.75 Å². The van der Waals surface area contributed by atoms with E-state index in [1.54, 1.807) is 11.3 Å². The number of carbonyl (C=O) groups is 2. The van der Waals surface area contributed by atoms with Gasteiger partial charge in [-0.15, -0.1) is 11.3 Å². The topological polar surface area (TPSA) is 76.1 Å². The molecule has 1 saturated heterocycles. The van der Waals surface area contributed by atoms with Crippen molar-refractivity contribution in [1.29, 1.82) is 0 Å². The third kappa shape index (κ3) is 4.42. The minimum Gasteiger partial charge on any atom is -0.488 e. The number of thiophene rings is 1.